The van der Waals surface area contributed by atoms with Gasteiger partial charge in [-0.15, -0.1) is 0 Å². The Balaban J connectivity index is 2.14. The molecule has 0 spiro atoms. The van der Waals surface area contributed by atoms with E-state index in [4.69, 9.17) is 4.74 Å². The normalized spacial score (nSPS) is 35.4. The Morgan fingerprint density at radius 2 is 1.78 bits per heavy atom. The summed E-state index contributed by atoms with van der Waals surface area (Å²) in [7, 11) is 0. The van der Waals surface area contributed by atoms with Crippen molar-refractivity contribution >= 4 is 0 Å². The van der Waals surface area contributed by atoms with Crippen LogP contribution < -0.4 is 0 Å². The standard InChI is InChI=1S/C15H23NO2/c1-9-11(3)18-12(4)14(9)15(17)10(2)13-5-7-16-8-6-13/h5-12,14-15,17H,1-4H3. The van der Waals surface area contributed by atoms with Gasteiger partial charge in [-0.1, -0.05) is 13.8 Å². The fraction of sp³-hybridized carbons (Fsp3) is 0.667. The number of aromatic nitrogens is 1. The van der Waals surface area contributed by atoms with Gasteiger partial charge in [-0.3, -0.25) is 4.98 Å². The summed E-state index contributed by atoms with van der Waals surface area (Å²) in [5.74, 6) is 0.694. The van der Waals surface area contributed by atoms with Crippen LogP contribution in [0.3, 0.4) is 0 Å². The van der Waals surface area contributed by atoms with E-state index >= 15 is 0 Å². The molecule has 0 saturated carbocycles. The number of rotatable bonds is 3. The predicted octanol–water partition coefficient (Wildman–Crippen LogP) is 2.61. The molecule has 1 fully saturated rings. The van der Waals surface area contributed by atoms with E-state index in [1.807, 2.05) is 12.1 Å². The molecule has 0 aromatic carbocycles. The minimum atomic E-state index is -0.373. The zero-order chi connectivity index (χ0) is 13.3. The van der Waals surface area contributed by atoms with Gasteiger partial charge in [0.15, 0.2) is 0 Å². The van der Waals surface area contributed by atoms with Gasteiger partial charge in [0, 0.05) is 24.2 Å². The van der Waals surface area contributed by atoms with E-state index in [-0.39, 0.29) is 30.1 Å². The Bertz CT molecular complexity index is 381. The molecule has 2 rings (SSSR count). The molecule has 100 valence electrons. The molecule has 0 radical (unpaired) electrons. The first kappa shape index (κ1) is 13.5. The lowest BCUT2D eigenvalue weighted by atomic mass is 9.78. The van der Waals surface area contributed by atoms with Crippen LogP contribution in [0.15, 0.2) is 24.5 Å². The molecule has 1 aliphatic rings. The molecule has 1 aromatic rings. The largest absolute Gasteiger partial charge is 0.392 e. The number of ether oxygens (including phenoxy) is 1. The summed E-state index contributed by atoms with van der Waals surface area (Å²) in [5.41, 5.74) is 1.14. The zero-order valence-electron chi connectivity index (χ0n) is 11.6. The smallest absolute Gasteiger partial charge is 0.0662 e. The third-order valence-electron chi connectivity index (χ3n) is 4.46. The highest BCUT2D eigenvalue weighted by atomic mass is 16.5. The third kappa shape index (κ3) is 2.43. The summed E-state index contributed by atoms with van der Waals surface area (Å²) in [6.07, 6.45) is 3.53. The van der Waals surface area contributed by atoms with Gasteiger partial charge in [0.25, 0.3) is 0 Å². The topological polar surface area (TPSA) is 42.4 Å². The first-order chi connectivity index (χ1) is 8.52. The van der Waals surface area contributed by atoms with E-state index in [2.05, 4.69) is 32.7 Å². The molecule has 0 aliphatic carbocycles. The average molecular weight is 249 g/mol. The molecule has 6 atom stereocenters. The van der Waals surface area contributed by atoms with Gasteiger partial charge < -0.3 is 9.84 Å². The van der Waals surface area contributed by atoms with Crippen LogP contribution >= 0.6 is 0 Å². The molecule has 1 N–H and O–H groups in total. The number of hydrogen-bond acceptors (Lipinski definition) is 3. The van der Waals surface area contributed by atoms with Crippen LogP contribution in [0.4, 0.5) is 0 Å². The highest BCUT2D eigenvalue weighted by molar-refractivity contribution is 5.17. The molecule has 1 aliphatic heterocycles. The van der Waals surface area contributed by atoms with Gasteiger partial charge >= 0.3 is 0 Å². The molecular weight excluding hydrogens is 226 g/mol. The van der Waals surface area contributed by atoms with Crippen LogP contribution in [0.1, 0.15) is 39.2 Å². The summed E-state index contributed by atoms with van der Waals surface area (Å²) in [6.45, 7) is 8.39. The summed E-state index contributed by atoms with van der Waals surface area (Å²) in [4.78, 5) is 4.02. The van der Waals surface area contributed by atoms with Crippen molar-refractivity contribution in [1.82, 2.24) is 4.98 Å². The maximum atomic E-state index is 10.6. The van der Waals surface area contributed by atoms with Crippen LogP contribution in [-0.2, 0) is 4.74 Å². The third-order valence-corrected chi connectivity index (χ3v) is 4.46. The zero-order valence-corrected chi connectivity index (χ0v) is 11.6. The van der Waals surface area contributed by atoms with Gasteiger partial charge in [0.1, 0.15) is 0 Å². The monoisotopic (exact) mass is 249 g/mol. The fourth-order valence-electron chi connectivity index (χ4n) is 3.08. The van der Waals surface area contributed by atoms with E-state index < -0.39 is 0 Å². The molecule has 18 heavy (non-hydrogen) atoms. The van der Waals surface area contributed by atoms with E-state index in [1.165, 1.54) is 0 Å². The van der Waals surface area contributed by atoms with Gasteiger partial charge in [-0.05, 0) is 37.5 Å². The van der Waals surface area contributed by atoms with E-state index in [0.29, 0.717) is 5.92 Å². The van der Waals surface area contributed by atoms with Crippen molar-refractivity contribution in [3.63, 3.8) is 0 Å². The quantitative estimate of drug-likeness (QED) is 0.895. The number of nitrogens with zero attached hydrogens (tertiary/aromatic N) is 1. The highest BCUT2D eigenvalue weighted by Gasteiger charge is 2.42. The van der Waals surface area contributed by atoms with E-state index in [9.17, 15) is 5.11 Å². The lowest BCUT2D eigenvalue weighted by Crippen LogP contribution is -2.34. The van der Waals surface area contributed by atoms with Crippen LogP contribution in [0.25, 0.3) is 0 Å². The predicted molar refractivity (Wildman–Crippen MR) is 71.3 cm³/mol. The van der Waals surface area contributed by atoms with Crippen molar-refractivity contribution in [1.29, 1.82) is 0 Å². The van der Waals surface area contributed by atoms with Crippen LogP contribution in [0, 0.1) is 11.8 Å². The first-order valence-corrected chi connectivity index (χ1v) is 6.75. The summed E-state index contributed by atoms with van der Waals surface area (Å²) in [5, 5.41) is 10.6. The molecular formula is C15H23NO2. The lowest BCUT2D eigenvalue weighted by molar-refractivity contribution is 0.0159. The summed E-state index contributed by atoms with van der Waals surface area (Å²) >= 11 is 0. The molecule has 2 heterocycles. The maximum Gasteiger partial charge on any atom is 0.0662 e. The minimum absolute atomic E-state index is 0.108. The molecule has 3 nitrogen and oxygen atoms in total. The van der Waals surface area contributed by atoms with Crippen LogP contribution in [0.2, 0.25) is 0 Å². The van der Waals surface area contributed by atoms with Gasteiger partial charge in [-0.2, -0.15) is 0 Å². The lowest BCUT2D eigenvalue weighted by Gasteiger charge is -2.29. The number of hydrogen-bond donors (Lipinski definition) is 1. The molecule has 6 unspecified atom stereocenters. The molecule has 0 amide bonds. The second-order valence-electron chi connectivity index (χ2n) is 5.54. The van der Waals surface area contributed by atoms with Crippen molar-refractivity contribution in [2.75, 3.05) is 0 Å². The molecule has 3 heteroatoms. The number of aliphatic hydroxyl groups is 1. The van der Waals surface area contributed by atoms with Crippen LogP contribution in [-0.4, -0.2) is 28.4 Å². The first-order valence-electron chi connectivity index (χ1n) is 6.75. The summed E-state index contributed by atoms with van der Waals surface area (Å²) < 4.78 is 5.82. The Labute approximate surface area is 109 Å². The second kappa shape index (κ2) is 5.37. The SMILES string of the molecule is CC1OC(C)C(C(O)C(C)c2ccncc2)C1C. The molecule has 1 aromatic heterocycles. The van der Waals surface area contributed by atoms with Crippen molar-refractivity contribution < 1.29 is 9.84 Å². The van der Waals surface area contributed by atoms with Gasteiger partial charge in [-0.25, -0.2) is 0 Å². The Kier molecular flexibility index (Phi) is 4.03. The van der Waals surface area contributed by atoms with Crippen molar-refractivity contribution in [3.8, 4) is 0 Å². The molecule has 0 bridgehead atoms. The summed E-state index contributed by atoms with van der Waals surface area (Å²) in [6, 6.07) is 3.95. The Morgan fingerprint density at radius 1 is 1.17 bits per heavy atom. The van der Waals surface area contributed by atoms with Gasteiger partial charge in [0.2, 0.25) is 0 Å². The average Bonchev–Trinajstić information content (AvgIpc) is 2.63. The Hall–Kier alpha value is -0.930. The van der Waals surface area contributed by atoms with Crippen LogP contribution in [0.5, 0.6) is 0 Å². The number of aliphatic hydroxyl groups excluding tert-OH is 1. The number of pyridine rings is 1. The maximum absolute atomic E-state index is 10.6. The van der Waals surface area contributed by atoms with Gasteiger partial charge in [0.05, 0.1) is 18.3 Å². The fourth-order valence-corrected chi connectivity index (χ4v) is 3.08. The highest BCUT2D eigenvalue weighted by Crippen LogP contribution is 2.38. The van der Waals surface area contributed by atoms with Crippen molar-refractivity contribution in [3.05, 3.63) is 30.1 Å². The second-order valence-corrected chi connectivity index (χ2v) is 5.54. The molecule has 1 saturated heterocycles. The van der Waals surface area contributed by atoms with Crippen molar-refractivity contribution in [2.45, 2.75) is 51.9 Å². The Morgan fingerprint density at radius 3 is 2.28 bits per heavy atom. The van der Waals surface area contributed by atoms with Crippen molar-refractivity contribution in [2.24, 2.45) is 11.8 Å². The minimum Gasteiger partial charge on any atom is -0.392 e. The van der Waals surface area contributed by atoms with E-state index in [1.54, 1.807) is 12.4 Å². The van der Waals surface area contributed by atoms with E-state index in [0.717, 1.165) is 5.56 Å².